The average Bonchev–Trinajstić information content (AvgIpc) is 1.65. The Kier molecular flexibility index (Phi) is 3.31. The fourth-order valence-electron chi connectivity index (χ4n) is 0.0695. The van der Waals surface area contributed by atoms with E-state index in [1.54, 1.807) is 5.41 Å². The molecule has 0 aliphatic heterocycles. The first kappa shape index (κ1) is 7.19. The van der Waals surface area contributed by atoms with Gasteiger partial charge in [-0.1, -0.05) is 9.24 Å². The molecule has 0 amide bonds. The van der Waals surface area contributed by atoms with E-state index in [0.29, 0.717) is 5.45 Å². The monoisotopic (exact) mass is 133 g/mol. The van der Waals surface area contributed by atoms with Crippen LogP contribution < -0.4 is 0 Å². The highest BCUT2D eigenvalue weighted by atomic mass is 32.1. The molecule has 0 saturated carbocycles. The van der Waals surface area contributed by atoms with E-state index < -0.39 is 0 Å². The van der Waals surface area contributed by atoms with Crippen molar-refractivity contribution in [1.82, 2.24) is 0 Å². The van der Waals surface area contributed by atoms with Crippen LogP contribution in [0, 0.1) is 5.41 Å². The topological polar surface area (TPSA) is 23.9 Å². The van der Waals surface area contributed by atoms with Gasteiger partial charge in [0.05, 0.1) is 5.45 Å². The Hall–Kier alpha value is 0.190. The molecule has 0 radical (unpaired) electrons. The summed E-state index contributed by atoms with van der Waals surface area (Å²) < 4.78 is 0. The largest absolute Gasteiger partial charge is 0.301 e. The normalized spacial score (nSPS) is 11.6. The quantitative estimate of drug-likeness (QED) is 0.309. The Labute approximate surface area is 51.3 Å². The van der Waals surface area contributed by atoms with Crippen molar-refractivity contribution in [3.63, 3.8) is 0 Å². The second kappa shape index (κ2) is 3.23. The number of hydrogen-bond donors (Lipinski definition) is 2. The minimum absolute atomic E-state index is 0.495. The molecule has 0 aliphatic rings. The summed E-state index contributed by atoms with van der Waals surface area (Å²) in [7, 11) is 2.28. The highest BCUT2D eigenvalue weighted by Gasteiger charge is 1.84. The summed E-state index contributed by atoms with van der Waals surface area (Å²) in [4.78, 5) is 0. The van der Waals surface area contributed by atoms with Crippen molar-refractivity contribution in [2.45, 2.75) is 6.92 Å². The molecule has 1 atom stereocenters. The predicted molar refractivity (Wildman–Crippen MR) is 40.2 cm³/mol. The number of thiol groups is 1. The fraction of sp³-hybridized carbons (Fsp3) is 0.250. The molecule has 0 aromatic carbocycles. The summed E-state index contributed by atoms with van der Waals surface area (Å²) in [6.45, 7) is 1.84. The Bertz CT molecular complexity index is 108. The maximum absolute atomic E-state index is 6.95. The highest BCUT2D eigenvalue weighted by molar-refractivity contribution is 7.83. The van der Waals surface area contributed by atoms with E-state index in [9.17, 15) is 0 Å². The standard InChI is InChI=1S/C4H8NPS/c1-3(2-7)4(5)6/h2,5,7H,6H2,1H3/b3-2-,5-4?. The molecule has 0 fully saturated rings. The van der Waals surface area contributed by atoms with E-state index in [0.717, 1.165) is 5.57 Å². The number of allylic oxidation sites excluding steroid dienone is 1. The van der Waals surface area contributed by atoms with E-state index in [1.807, 2.05) is 6.92 Å². The fourth-order valence-corrected chi connectivity index (χ4v) is 0.432. The number of hydrogen-bond acceptors (Lipinski definition) is 2. The minimum Gasteiger partial charge on any atom is -0.301 e. The summed E-state index contributed by atoms with van der Waals surface area (Å²) in [5.41, 5.74) is 1.38. The second-order valence-electron chi connectivity index (χ2n) is 1.23. The Morgan fingerprint density at radius 1 is 1.86 bits per heavy atom. The van der Waals surface area contributed by atoms with Crippen molar-refractivity contribution in [1.29, 1.82) is 5.41 Å². The predicted octanol–water partition coefficient (Wildman–Crippen LogP) is 1.67. The molecule has 0 spiro atoms. The SMILES string of the molecule is C/C(=C/S)C(=N)P. The second-order valence-corrected chi connectivity index (χ2v) is 2.06. The lowest BCUT2D eigenvalue weighted by Crippen LogP contribution is -1.80. The highest BCUT2D eigenvalue weighted by Crippen LogP contribution is 2.01. The van der Waals surface area contributed by atoms with Crippen molar-refractivity contribution in [2.75, 3.05) is 0 Å². The van der Waals surface area contributed by atoms with Crippen LogP contribution in [0.25, 0.3) is 0 Å². The van der Waals surface area contributed by atoms with Crippen LogP contribution in [0.4, 0.5) is 0 Å². The van der Waals surface area contributed by atoms with Crippen LogP contribution in [-0.2, 0) is 0 Å². The first-order chi connectivity index (χ1) is 3.18. The molecule has 0 saturated heterocycles. The van der Waals surface area contributed by atoms with Gasteiger partial charge in [-0.25, -0.2) is 0 Å². The van der Waals surface area contributed by atoms with Crippen molar-refractivity contribution < 1.29 is 0 Å². The van der Waals surface area contributed by atoms with E-state index in [2.05, 4.69) is 21.9 Å². The summed E-state index contributed by atoms with van der Waals surface area (Å²) in [6.07, 6.45) is 0. The van der Waals surface area contributed by atoms with Crippen molar-refractivity contribution >= 4 is 27.3 Å². The van der Waals surface area contributed by atoms with E-state index in [4.69, 9.17) is 5.41 Å². The van der Waals surface area contributed by atoms with Gasteiger partial charge in [-0.3, -0.25) is 0 Å². The summed E-state index contributed by atoms with van der Waals surface area (Å²) in [5.74, 6) is 0. The van der Waals surface area contributed by atoms with Gasteiger partial charge in [0.2, 0.25) is 0 Å². The maximum Gasteiger partial charge on any atom is 0.0513 e. The molecular weight excluding hydrogens is 125 g/mol. The molecule has 1 unspecified atom stereocenters. The Balaban J connectivity index is 3.82. The van der Waals surface area contributed by atoms with Gasteiger partial charge in [0.1, 0.15) is 0 Å². The third-order valence-corrected chi connectivity index (χ3v) is 1.46. The van der Waals surface area contributed by atoms with Crippen LogP contribution in [0.3, 0.4) is 0 Å². The van der Waals surface area contributed by atoms with Gasteiger partial charge in [-0.2, -0.15) is 12.6 Å². The summed E-state index contributed by atoms with van der Waals surface area (Å²) in [5, 5.41) is 8.55. The van der Waals surface area contributed by atoms with Gasteiger partial charge >= 0.3 is 0 Å². The molecule has 0 aromatic rings. The molecule has 0 heterocycles. The van der Waals surface area contributed by atoms with Gasteiger partial charge in [0.25, 0.3) is 0 Å². The maximum atomic E-state index is 6.95. The minimum atomic E-state index is 0.495. The lowest BCUT2D eigenvalue weighted by Gasteiger charge is -1.89. The van der Waals surface area contributed by atoms with Crippen LogP contribution >= 0.6 is 21.9 Å². The molecule has 3 heteroatoms. The van der Waals surface area contributed by atoms with Crippen LogP contribution in [-0.4, -0.2) is 5.45 Å². The molecule has 0 aromatic heterocycles. The smallest absolute Gasteiger partial charge is 0.0513 e. The molecule has 1 N–H and O–H groups in total. The third kappa shape index (κ3) is 2.84. The van der Waals surface area contributed by atoms with Crippen LogP contribution in [0.2, 0.25) is 0 Å². The average molecular weight is 133 g/mol. The molecule has 0 rings (SSSR count). The van der Waals surface area contributed by atoms with Crippen LogP contribution in [0.15, 0.2) is 11.0 Å². The zero-order valence-corrected chi connectivity index (χ0v) is 6.15. The van der Waals surface area contributed by atoms with E-state index in [1.165, 1.54) is 0 Å². The van der Waals surface area contributed by atoms with Gasteiger partial charge in [0.15, 0.2) is 0 Å². The van der Waals surface area contributed by atoms with Crippen molar-refractivity contribution in [3.8, 4) is 0 Å². The third-order valence-electron chi connectivity index (χ3n) is 0.618. The Morgan fingerprint density at radius 2 is 2.29 bits per heavy atom. The lowest BCUT2D eigenvalue weighted by molar-refractivity contribution is 1.50. The van der Waals surface area contributed by atoms with Crippen LogP contribution in [0.5, 0.6) is 0 Å². The lowest BCUT2D eigenvalue weighted by atomic mass is 10.4. The molecule has 7 heavy (non-hydrogen) atoms. The van der Waals surface area contributed by atoms with Crippen LogP contribution in [0.1, 0.15) is 6.92 Å². The molecule has 0 aliphatic carbocycles. The molecular formula is C4H8NPS. The van der Waals surface area contributed by atoms with Gasteiger partial charge < -0.3 is 5.41 Å². The van der Waals surface area contributed by atoms with Gasteiger partial charge in [-0.15, -0.1) is 0 Å². The van der Waals surface area contributed by atoms with E-state index in [-0.39, 0.29) is 0 Å². The molecule has 40 valence electrons. The van der Waals surface area contributed by atoms with Crippen molar-refractivity contribution in [2.24, 2.45) is 0 Å². The first-order valence-electron chi connectivity index (χ1n) is 1.84. The van der Waals surface area contributed by atoms with Gasteiger partial charge in [-0.05, 0) is 17.9 Å². The zero-order valence-electron chi connectivity index (χ0n) is 4.10. The first-order valence-corrected chi connectivity index (χ1v) is 2.93. The van der Waals surface area contributed by atoms with E-state index >= 15 is 0 Å². The number of rotatable bonds is 1. The molecule has 0 bridgehead atoms. The molecule has 1 nitrogen and oxygen atoms in total. The Morgan fingerprint density at radius 3 is 2.29 bits per heavy atom. The van der Waals surface area contributed by atoms with Crippen molar-refractivity contribution in [3.05, 3.63) is 11.0 Å². The van der Waals surface area contributed by atoms with Gasteiger partial charge in [0, 0.05) is 0 Å². The summed E-state index contributed by atoms with van der Waals surface area (Å²) in [6, 6.07) is 0. The summed E-state index contributed by atoms with van der Waals surface area (Å²) >= 11 is 3.84. The number of nitrogens with one attached hydrogen (secondary N) is 1. The zero-order chi connectivity index (χ0) is 5.86.